The van der Waals surface area contributed by atoms with Crippen LogP contribution in [-0.2, 0) is 6.54 Å². The fourth-order valence-electron chi connectivity index (χ4n) is 2.63. The molecule has 1 aliphatic carbocycles. The van der Waals surface area contributed by atoms with E-state index in [9.17, 15) is 0 Å². The van der Waals surface area contributed by atoms with E-state index in [-0.39, 0.29) is 0 Å². The highest BCUT2D eigenvalue weighted by atomic mass is 35.5. The molecular formula is C12H21ClN4S. The van der Waals surface area contributed by atoms with E-state index < -0.39 is 0 Å². The Kier molecular flexibility index (Phi) is 5.36. The molecule has 0 atom stereocenters. The Morgan fingerprint density at radius 3 is 2.67 bits per heavy atom. The lowest BCUT2D eigenvalue weighted by Gasteiger charge is -2.35. The van der Waals surface area contributed by atoms with Gasteiger partial charge in [0.25, 0.3) is 0 Å². The molecule has 1 aromatic rings. The van der Waals surface area contributed by atoms with Gasteiger partial charge in [-0.2, -0.15) is 0 Å². The SMILES string of the molecule is CCCN(Cc1nnsc1Cl)C1CCC(N)CC1. The molecule has 0 bridgehead atoms. The van der Waals surface area contributed by atoms with Crippen molar-refractivity contribution in [2.45, 2.75) is 57.7 Å². The van der Waals surface area contributed by atoms with Crippen molar-refractivity contribution in [2.75, 3.05) is 6.54 Å². The van der Waals surface area contributed by atoms with Crippen LogP contribution < -0.4 is 5.73 Å². The van der Waals surface area contributed by atoms with Crippen molar-refractivity contribution < 1.29 is 0 Å². The molecule has 0 unspecified atom stereocenters. The van der Waals surface area contributed by atoms with Crippen LogP contribution in [0.15, 0.2) is 0 Å². The summed E-state index contributed by atoms with van der Waals surface area (Å²) in [6, 6.07) is 1.02. The maximum atomic E-state index is 6.09. The molecule has 0 aromatic carbocycles. The van der Waals surface area contributed by atoms with Gasteiger partial charge in [-0.1, -0.05) is 23.0 Å². The fourth-order valence-corrected chi connectivity index (χ4v) is 3.24. The summed E-state index contributed by atoms with van der Waals surface area (Å²) < 4.78 is 4.63. The van der Waals surface area contributed by atoms with Gasteiger partial charge in [0.15, 0.2) is 0 Å². The van der Waals surface area contributed by atoms with Crippen molar-refractivity contribution in [3.05, 3.63) is 10.0 Å². The van der Waals surface area contributed by atoms with Gasteiger partial charge in [0.2, 0.25) is 0 Å². The zero-order valence-corrected chi connectivity index (χ0v) is 12.4. The van der Waals surface area contributed by atoms with E-state index in [2.05, 4.69) is 21.4 Å². The Hall–Kier alpha value is -0.230. The predicted octanol–water partition coefficient (Wildman–Crippen LogP) is 2.67. The van der Waals surface area contributed by atoms with Crippen LogP contribution in [0.5, 0.6) is 0 Å². The van der Waals surface area contributed by atoms with Crippen molar-refractivity contribution in [3.63, 3.8) is 0 Å². The van der Waals surface area contributed by atoms with Gasteiger partial charge in [-0.25, -0.2) is 0 Å². The Labute approximate surface area is 118 Å². The third-order valence-corrected chi connectivity index (χ3v) is 4.62. The maximum Gasteiger partial charge on any atom is 0.138 e. The van der Waals surface area contributed by atoms with E-state index in [1.54, 1.807) is 0 Å². The van der Waals surface area contributed by atoms with Crippen LogP contribution in [0.1, 0.15) is 44.7 Å². The number of hydrogen-bond acceptors (Lipinski definition) is 5. The maximum absolute atomic E-state index is 6.09. The number of nitrogens with zero attached hydrogens (tertiary/aromatic N) is 3. The molecule has 4 nitrogen and oxygen atoms in total. The highest BCUT2D eigenvalue weighted by Crippen LogP contribution is 2.26. The summed E-state index contributed by atoms with van der Waals surface area (Å²) in [7, 11) is 0. The molecule has 0 spiro atoms. The standard InChI is InChI=1S/C12H21ClN4S/c1-2-7-17(8-11-12(13)18-16-15-11)10-5-3-9(14)4-6-10/h9-10H,2-8,14H2,1H3. The van der Waals surface area contributed by atoms with Crippen molar-refractivity contribution >= 4 is 23.1 Å². The molecule has 0 aliphatic heterocycles. The normalized spacial score (nSPS) is 24.7. The molecule has 0 amide bonds. The molecule has 2 N–H and O–H groups in total. The zero-order chi connectivity index (χ0) is 13.0. The van der Waals surface area contributed by atoms with Crippen LogP contribution in [-0.4, -0.2) is 33.1 Å². The zero-order valence-electron chi connectivity index (χ0n) is 10.8. The van der Waals surface area contributed by atoms with Gasteiger partial charge in [0, 0.05) is 30.2 Å². The van der Waals surface area contributed by atoms with Crippen LogP contribution in [0, 0.1) is 0 Å². The molecule has 2 rings (SSSR count). The first kappa shape index (κ1) is 14.2. The van der Waals surface area contributed by atoms with Gasteiger partial charge >= 0.3 is 0 Å². The smallest absolute Gasteiger partial charge is 0.138 e. The number of nitrogens with two attached hydrogens (primary N) is 1. The van der Waals surface area contributed by atoms with Crippen molar-refractivity contribution in [1.29, 1.82) is 0 Å². The second-order valence-electron chi connectivity index (χ2n) is 5.03. The van der Waals surface area contributed by atoms with Crippen molar-refractivity contribution in [3.8, 4) is 0 Å². The molecule has 1 fully saturated rings. The van der Waals surface area contributed by atoms with Crippen molar-refractivity contribution in [1.82, 2.24) is 14.5 Å². The summed E-state index contributed by atoms with van der Waals surface area (Å²) in [6.07, 6.45) is 5.80. The lowest BCUT2D eigenvalue weighted by atomic mass is 9.90. The Balaban J connectivity index is 1.97. The van der Waals surface area contributed by atoms with Crippen LogP contribution in [0.25, 0.3) is 0 Å². The average molecular weight is 289 g/mol. The largest absolute Gasteiger partial charge is 0.328 e. The minimum absolute atomic E-state index is 0.397. The minimum atomic E-state index is 0.397. The van der Waals surface area contributed by atoms with Crippen LogP contribution >= 0.6 is 23.1 Å². The fraction of sp³-hybridized carbons (Fsp3) is 0.833. The molecule has 1 heterocycles. The van der Waals surface area contributed by atoms with E-state index in [1.807, 2.05) is 0 Å². The second-order valence-corrected chi connectivity index (χ2v) is 6.39. The third-order valence-electron chi connectivity index (χ3n) is 3.63. The van der Waals surface area contributed by atoms with E-state index in [4.69, 9.17) is 17.3 Å². The second kappa shape index (κ2) is 6.80. The van der Waals surface area contributed by atoms with Crippen LogP contribution in [0.2, 0.25) is 4.34 Å². The van der Waals surface area contributed by atoms with E-state index in [0.717, 1.165) is 42.4 Å². The van der Waals surface area contributed by atoms with Crippen molar-refractivity contribution in [2.24, 2.45) is 5.73 Å². The Morgan fingerprint density at radius 2 is 2.11 bits per heavy atom. The molecule has 1 aromatic heterocycles. The first-order chi connectivity index (χ1) is 8.70. The monoisotopic (exact) mass is 288 g/mol. The lowest BCUT2D eigenvalue weighted by Crippen LogP contribution is -2.41. The average Bonchev–Trinajstić information content (AvgIpc) is 2.76. The number of rotatable bonds is 5. The molecule has 0 saturated heterocycles. The van der Waals surface area contributed by atoms with E-state index >= 15 is 0 Å². The summed E-state index contributed by atoms with van der Waals surface area (Å²) in [5.74, 6) is 0. The predicted molar refractivity (Wildman–Crippen MR) is 75.9 cm³/mol. The van der Waals surface area contributed by atoms with Gasteiger partial charge in [-0.05, 0) is 38.6 Å². The van der Waals surface area contributed by atoms with Gasteiger partial charge in [-0.3, -0.25) is 4.90 Å². The van der Waals surface area contributed by atoms with Crippen LogP contribution in [0.3, 0.4) is 0 Å². The summed E-state index contributed by atoms with van der Waals surface area (Å²) in [6.45, 7) is 4.12. The molecule has 1 aliphatic rings. The highest BCUT2D eigenvalue weighted by Gasteiger charge is 2.25. The first-order valence-corrected chi connectivity index (χ1v) is 7.82. The van der Waals surface area contributed by atoms with Gasteiger partial charge < -0.3 is 5.73 Å². The summed E-state index contributed by atoms with van der Waals surface area (Å²) >= 11 is 7.36. The summed E-state index contributed by atoms with van der Waals surface area (Å²) in [4.78, 5) is 2.49. The Morgan fingerprint density at radius 1 is 1.39 bits per heavy atom. The number of halogens is 1. The lowest BCUT2D eigenvalue weighted by molar-refractivity contribution is 0.140. The Bertz CT molecular complexity index is 363. The molecule has 1 saturated carbocycles. The summed E-state index contributed by atoms with van der Waals surface area (Å²) in [5.41, 5.74) is 6.89. The molecule has 102 valence electrons. The van der Waals surface area contributed by atoms with E-state index in [0.29, 0.717) is 12.1 Å². The van der Waals surface area contributed by atoms with Gasteiger partial charge in [0.1, 0.15) is 10.0 Å². The van der Waals surface area contributed by atoms with Gasteiger partial charge in [-0.15, -0.1) is 5.10 Å². The summed E-state index contributed by atoms with van der Waals surface area (Å²) in [5, 5.41) is 4.12. The molecular weight excluding hydrogens is 268 g/mol. The topological polar surface area (TPSA) is 55.0 Å². The number of hydrogen-bond donors (Lipinski definition) is 1. The molecule has 18 heavy (non-hydrogen) atoms. The first-order valence-electron chi connectivity index (χ1n) is 6.67. The van der Waals surface area contributed by atoms with Crippen LogP contribution in [0.4, 0.5) is 0 Å². The molecule has 0 radical (unpaired) electrons. The number of aromatic nitrogens is 2. The molecule has 6 heteroatoms. The van der Waals surface area contributed by atoms with Gasteiger partial charge in [0.05, 0.1) is 0 Å². The minimum Gasteiger partial charge on any atom is -0.328 e. The quantitative estimate of drug-likeness (QED) is 0.905. The third kappa shape index (κ3) is 3.63. The van der Waals surface area contributed by atoms with E-state index in [1.165, 1.54) is 24.4 Å². The highest BCUT2D eigenvalue weighted by molar-refractivity contribution is 7.10.